The lowest BCUT2D eigenvalue weighted by atomic mass is 9.94. The lowest BCUT2D eigenvalue weighted by Gasteiger charge is -2.46. The van der Waals surface area contributed by atoms with Gasteiger partial charge in [0.15, 0.2) is 0 Å². The number of alkyl halides is 6. The van der Waals surface area contributed by atoms with Gasteiger partial charge >= 0.3 is 18.4 Å². The van der Waals surface area contributed by atoms with Gasteiger partial charge in [-0.1, -0.05) is 22.9 Å². The monoisotopic (exact) mass is 609 g/mol. The van der Waals surface area contributed by atoms with Crippen LogP contribution < -0.4 is 9.80 Å². The molecule has 2 atom stereocenters. The van der Waals surface area contributed by atoms with E-state index in [4.69, 9.17) is 4.74 Å². The van der Waals surface area contributed by atoms with Crippen LogP contribution in [0.15, 0.2) is 40.9 Å². The van der Waals surface area contributed by atoms with Crippen LogP contribution in [0.3, 0.4) is 0 Å². The molecule has 0 spiro atoms. The van der Waals surface area contributed by atoms with Crippen molar-refractivity contribution >= 4 is 39.3 Å². The zero-order chi connectivity index (χ0) is 28.6. The second kappa shape index (κ2) is 11.0. The summed E-state index contributed by atoms with van der Waals surface area (Å²) >= 11 is 3.33. The summed E-state index contributed by atoms with van der Waals surface area (Å²) in [6, 6.07) is 3.79. The Morgan fingerprint density at radius 1 is 1.00 bits per heavy atom. The summed E-state index contributed by atoms with van der Waals surface area (Å²) in [7, 11) is 2.73. The highest BCUT2D eigenvalue weighted by Gasteiger charge is 2.43. The Kier molecular flexibility index (Phi) is 8.59. The van der Waals surface area contributed by atoms with Crippen molar-refractivity contribution in [1.82, 2.24) is 4.90 Å². The first-order chi connectivity index (χ1) is 17.6. The Morgan fingerprint density at radius 3 is 2.05 bits per heavy atom. The number of carbonyl (C=O) groups excluding carboxylic acids is 2. The van der Waals surface area contributed by atoms with Crippen molar-refractivity contribution in [1.29, 1.82) is 0 Å². The topological polar surface area (TPSA) is 53.1 Å². The molecule has 0 N–H and O–H groups in total. The first-order valence-corrected chi connectivity index (χ1v) is 12.4. The average molecular weight is 610 g/mol. The van der Waals surface area contributed by atoms with Gasteiger partial charge in [-0.25, -0.2) is 4.79 Å². The zero-order valence-electron chi connectivity index (χ0n) is 21.0. The number of anilines is 2. The van der Waals surface area contributed by atoms with Crippen molar-refractivity contribution < 1.29 is 40.7 Å². The fourth-order valence-corrected chi connectivity index (χ4v) is 4.72. The number of ether oxygens (including phenoxy) is 1. The highest BCUT2D eigenvalue weighted by molar-refractivity contribution is 9.10. The van der Waals surface area contributed by atoms with E-state index in [1.54, 1.807) is 32.0 Å². The maximum Gasteiger partial charge on any atom is 0.416 e. The van der Waals surface area contributed by atoms with Crippen LogP contribution in [-0.4, -0.2) is 50.2 Å². The molecule has 1 aliphatic heterocycles. The Bertz CT molecular complexity index is 1170. The quantitative estimate of drug-likeness (QED) is 0.347. The van der Waals surface area contributed by atoms with E-state index < -0.39 is 53.1 Å². The summed E-state index contributed by atoms with van der Waals surface area (Å²) in [6.45, 7) is 3.44. The SMILES string of the molecule is CCOC(=O)N1c2ccc(Br)cc2N(C(C(=O)N(C)C)c2cc(C(F)(F)F)cc(C(F)(F)F)c2)CC1CC. The number of fused-ring (bicyclic) bond motifs is 1. The Labute approximate surface area is 224 Å². The first kappa shape index (κ1) is 29.6. The molecule has 3 rings (SSSR count). The van der Waals surface area contributed by atoms with E-state index in [9.17, 15) is 35.9 Å². The molecular weight excluding hydrogens is 584 g/mol. The van der Waals surface area contributed by atoms with Crippen molar-refractivity contribution in [3.8, 4) is 0 Å². The summed E-state index contributed by atoms with van der Waals surface area (Å²) in [4.78, 5) is 30.3. The number of amides is 2. The Morgan fingerprint density at radius 2 is 1.58 bits per heavy atom. The molecule has 2 aromatic carbocycles. The third kappa shape index (κ3) is 6.02. The van der Waals surface area contributed by atoms with Gasteiger partial charge in [0.05, 0.1) is 35.2 Å². The van der Waals surface area contributed by atoms with Gasteiger partial charge < -0.3 is 14.5 Å². The highest BCUT2D eigenvalue weighted by atomic mass is 79.9. The summed E-state index contributed by atoms with van der Waals surface area (Å²) in [5.74, 6) is -0.734. The second-order valence-electron chi connectivity index (χ2n) is 8.89. The van der Waals surface area contributed by atoms with E-state index in [1.165, 1.54) is 23.9 Å². The Hall–Kier alpha value is -2.96. The standard InChI is InChI=1S/C25H26BrF6N3O3/c1-5-18-13-34(20-12-17(26)7-8-19(20)35(18)23(37)38-6-2)21(22(36)33(3)4)14-9-15(24(27,28)29)11-16(10-14)25(30,31)32/h7-12,18,21H,5-6,13H2,1-4H3. The van der Waals surface area contributed by atoms with Gasteiger partial charge in [-0.2, -0.15) is 26.3 Å². The summed E-state index contributed by atoms with van der Waals surface area (Å²) < 4.78 is 87.8. The summed E-state index contributed by atoms with van der Waals surface area (Å²) in [5.41, 5.74) is -2.94. The third-order valence-corrected chi connectivity index (χ3v) is 6.62. The molecule has 13 heteroatoms. The number of hydrogen-bond donors (Lipinski definition) is 0. The van der Waals surface area contributed by atoms with Crippen LogP contribution in [0.2, 0.25) is 0 Å². The molecule has 2 amide bonds. The largest absolute Gasteiger partial charge is 0.449 e. The Balaban J connectivity index is 2.32. The van der Waals surface area contributed by atoms with Crippen molar-refractivity contribution in [3.05, 3.63) is 57.6 Å². The second-order valence-corrected chi connectivity index (χ2v) is 9.81. The number of rotatable bonds is 5. The van der Waals surface area contributed by atoms with Gasteiger partial charge in [0.1, 0.15) is 6.04 Å². The molecular formula is C25H26BrF6N3O3. The molecule has 38 heavy (non-hydrogen) atoms. The predicted molar refractivity (Wildman–Crippen MR) is 133 cm³/mol. The number of hydrogen-bond acceptors (Lipinski definition) is 4. The lowest BCUT2D eigenvalue weighted by Crippen LogP contribution is -2.54. The highest BCUT2D eigenvalue weighted by Crippen LogP contribution is 2.45. The van der Waals surface area contributed by atoms with Crippen molar-refractivity contribution in [2.24, 2.45) is 0 Å². The van der Waals surface area contributed by atoms with Gasteiger partial charge in [0, 0.05) is 25.1 Å². The molecule has 0 aromatic heterocycles. The van der Waals surface area contributed by atoms with Gasteiger partial charge in [0.25, 0.3) is 0 Å². The summed E-state index contributed by atoms with van der Waals surface area (Å²) in [5, 5.41) is 0. The van der Waals surface area contributed by atoms with Crippen molar-refractivity contribution in [3.63, 3.8) is 0 Å². The molecule has 0 aliphatic carbocycles. The lowest BCUT2D eigenvalue weighted by molar-refractivity contribution is -0.143. The molecule has 0 fully saturated rings. The van der Waals surface area contributed by atoms with Gasteiger partial charge in [0.2, 0.25) is 5.91 Å². The van der Waals surface area contributed by atoms with Crippen LogP contribution in [0.1, 0.15) is 43.0 Å². The third-order valence-electron chi connectivity index (χ3n) is 6.13. The van der Waals surface area contributed by atoms with Crippen LogP contribution in [0, 0.1) is 0 Å². The molecule has 0 radical (unpaired) electrons. The average Bonchev–Trinajstić information content (AvgIpc) is 2.82. The van der Waals surface area contributed by atoms with Crippen LogP contribution in [0.4, 0.5) is 42.5 Å². The van der Waals surface area contributed by atoms with E-state index in [1.807, 2.05) is 0 Å². The van der Waals surface area contributed by atoms with E-state index in [0.29, 0.717) is 28.7 Å². The van der Waals surface area contributed by atoms with Gasteiger partial charge in [-0.15, -0.1) is 0 Å². The fourth-order valence-electron chi connectivity index (χ4n) is 4.37. The molecule has 2 unspecified atom stereocenters. The van der Waals surface area contributed by atoms with Crippen molar-refractivity contribution in [2.75, 3.05) is 37.0 Å². The summed E-state index contributed by atoms with van der Waals surface area (Å²) in [6.07, 6.45) is -10.5. The van der Waals surface area contributed by atoms with E-state index in [2.05, 4.69) is 15.9 Å². The minimum absolute atomic E-state index is 0.0266. The minimum Gasteiger partial charge on any atom is -0.449 e. The molecule has 1 heterocycles. The normalized spacial score (nSPS) is 16.7. The molecule has 1 aliphatic rings. The van der Waals surface area contributed by atoms with E-state index >= 15 is 0 Å². The zero-order valence-corrected chi connectivity index (χ0v) is 22.5. The predicted octanol–water partition coefficient (Wildman–Crippen LogP) is 6.88. The smallest absolute Gasteiger partial charge is 0.416 e. The number of halogens is 7. The maximum atomic E-state index is 13.7. The van der Waals surface area contributed by atoms with Crippen molar-refractivity contribution in [2.45, 2.75) is 44.7 Å². The number of benzene rings is 2. The number of likely N-dealkylation sites (N-methyl/N-ethyl adjacent to an activating group) is 1. The molecule has 6 nitrogen and oxygen atoms in total. The van der Waals surface area contributed by atoms with Gasteiger partial charge in [-0.05, 0) is 55.3 Å². The van der Waals surface area contributed by atoms with Crippen LogP contribution in [0.5, 0.6) is 0 Å². The molecule has 0 saturated carbocycles. The molecule has 0 saturated heterocycles. The van der Waals surface area contributed by atoms with Gasteiger partial charge in [-0.3, -0.25) is 9.69 Å². The van der Waals surface area contributed by atoms with Crippen LogP contribution >= 0.6 is 15.9 Å². The van der Waals surface area contributed by atoms with Crippen LogP contribution in [-0.2, 0) is 21.9 Å². The van der Waals surface area contributed by atoms with E-state index in [0.717, 1.165) is 4.90 Å². The molecule has 208 valence electrons. The maximum absolute atomic E-state index is 13.7. The first-order valence-electron chi connectivity index (χ1n) is 11.6. The number of nitrogens with zero attached hydrogens (tertiary/aromatic N) is 3. The molecule has 0 bridgehead atoms. The minimum atomic E-state index is -5.09. The van der Waals surface area contributed by atoms with E-state index in [-0.39, 0.29) is 24.9 Å². The number of carbonyl (C=O) groups is 2. The fraction of sp³-hybridized carbons (Fsp3) is 0.440. The van der Waals surface area contributed by atoms with Crippen LogP contribution in [0.25, 0.3) is 0 Å². The molecule has 2 aromatic rings.